The van der Waals surface area contributed by atoms with E-state index < -0.39 is 0 Å². The maximum atomic E-state index is 11.6. The van der Waals surface area contributed by atoms with E-state index in [0.29, 0.717) is 19.7 Å². The molecule has 2 amide bonds. The molecule has 1 unspecified atom stereocenters. The van der Waals surface area contributed by atoms with E-state index in [1.54, 1.807) is 0 Å². The molecule has 0 radical (unpaired) electrons. The summed E-state index contributed by atoms with van der Waals surface area (Å²) < 4.78 is 11.3. The maximum Gasteiger partial charge on any atom is 0.314 e. The van der Waals surface area contributed by atoms with Crippen molar-refractivity contribution in [2.45, 2.75) is 32.3 Å². The molecule has 0 saturated carbocycles. The number of urea groups is 1. The average molecular weight is 278 g/mol. The third-order valence-electron chi connectivity index (χ3n) is 3.12. The molecule has 1 aliphatic heterocycles. The van der Waals surface area contributed by atoms with Crippen LogP contribution < -0.4 is 20.1 Å². The van der Waals surface area contributed by atoms with Crippen molar-refractivity contribution in [1.82, 2.24) is 10.6 Å². The molecule has 0 aliphatic carbocycles. The molecule has 1 aromatic carbocycles. The van der Waals surface area contributed by atoms with Crippen LogP contribution in [0.3, 0.4) is 0 Å². The third kappa shape index (κ3) is 4.33. The molecular formula is C15H22N2O3. The third-order valence-corrected chi connectivity index (χ3v) is 3.12. The molecule has 2 N–H and O–H groups in total. The average Bonchev–Trinajstić information content (AvgIpc) is 2.49. The summed E-state index contributed by atoms with van der Waals surface area (Å²) in [7, 11) is 0. The van der Waals surface area contributed by atoms with Gasteiger partial charge in [0.1, 0.15) is 6.61 Å². The monoisotopic (exact) mass is 278 g/mol. The Morgan fingerprint density at radius 3 is 2.85 bits per heavy atom. The standard InChI is InChI=1S/C15H22N2O3/c1-2-3-6-9-16-15(18)17-10-12-11-19-13-7-4-5-8-14(13)20-12/h4-5,7-8,12H,2-3,6,9-11H2,1H3,(H2,16,17,18). The van der Waals surface area contributed by atoms with Gasteiger partial charge in [0.2, 0.25) is 0 Å². The summed E-state index contributed by atoms with van der Waals surface area (Å²) in [5.41, 5.74) is 0. The Labute approximate surface area is 119 Å². The number of rotatable bonds is 6. The van der Waals surface area contributed by atoms with Gasteiger partial charge in [0.15, 0.2) is 17.6 Å². The summed E-state index contributed by atoms with van der Waals surface area (Å²) in [5.74, 6) is 1.49. The van der Waals surface area contributed by atoms with Gasteiger partial charge in [-0.2, -0.15) is 0 Å². The highest BCUT2D eigenvalue weighted by molar-refractivity contribution is 5.73. The maximum absolute atomic E-state index is 11.6. The van der Waals surface area contributed by atoms with Crippen molar-refractivity contribution in [2.24, 2.45) is 0 Å². The summed E-state index contributed by atoms with van der Waals surface area (Å²) in [5, 5.41) is 5.63. The van der Waals surface area contributed by atoms with Gasteiger partial charge in [0, 0.05) is 6.54 Å². The summed E-state index contributed by atoms with van der Waals surface area (Å²) in [6.45, 7) is 3.74. The number of nitrogens with one attached hydrogen (secondary N) is 2. The van der Waals surface area contributed by atoms with Crippen LogP contribution in [0.1, 0.15) is 26.2 Å². The lowest BCUT2D eigenvalue weighted by molar-refractivity contribution is 0.0918. The number of unbranched alkanes of at least 4 members (excludes halogenated alkanes) is 2. The molecule has 0 spiro atoms. The van der Waals surface area contributed by atoms with Crippen LogP contribution in [0, 0.1) is 0 Å². The Morgan fingerprint density at radius 2 is 2.05 bits per heavy atom. The molecule has 2 rings (SSSR count). The lowest BCUT2D eigenvalue weighted by Gasteiger charge is -2.26. The predicted octanol–water partition coefficient (Wildman–Crippen LogP) is 2.32. The van der Waals surface area contributed by atoms with E-state index in [0.717, 1.165) is 30.8 Å². The van der Waals surface area contributed by atoms with Gasteiger partial charge in [-0.15, -0.1) is 0 Å². The van der Waals surface area contributed by atoms with Crippen molar-refractivity contribution in [3.05, 3.63) is 24.3 Å². The van der Waals surface area contributed by atoms with Gasteiger partial charge in [0.05, 0.1) is 6.54 Å². The Hall–Kier alpha value is -1.91. The van der Waals surface area contributed by atoms with Crippen LogP contribution >= 0.6 is 0 Å². The second-order valence-electron chi connectivity index (χ2n) is 4.84. The Kier molecular flexibility index (Phi) is 5.53. The fraction of sp³-hybridized carbons (Fsp3) is 0.533. The first-order valence-corrected chi connectivity index (χ1v) is 7.19. The van der Waals surface area contributed by atoms with Crippen molar-refractivity contribution in [2.75, 3.05) is 19.7 Å². The van der Waals surface area contributed by atoms with Crippen LogP contribution in [-0.4, -0.2) is 31.8 Å². The van der Waals surface area contributed by atoms with E-state index >= 15 is 0 Å². The van der Waals surface area contributed by atoms with E-state index in [1.807, 2.05) is 24.3 Å². The second-order valence-corrected chi connectivity index (χ2v) is 4.84. The number of para-hydroxylation sites is 2. The number of ether oxygens (including phenoxy) is 2. The molecular weight excluding hydrogens is 256 g/mol. The topological polar surface area (TPSA) is 59.6 Å². The van der Waals surface area contributed by atoms with Gasteiger partial charge in [0.25, 0.3) is 0 Å². The Balaban J connectivity index is 1.67. The number of amides is 2. The fourth-order valence-electron chi connectivity index (χ4n) is 2.01. The van der Waals surface area contributed by atoms with Gasteiger partial charge in [-0.1, -0.05) is 31.9 Å². The molecule has 1 aromatic rings. The SMILES string of the molecule is CCCCCNC(=O)NCC1COc2ccccc2O1. The highest BCUT2D eigenvalue weighted by Crippen LogP contribution is 2.30. The molecule has 0 saturated heterocycles. The van der Waals surface area contributed by atoms with Gasteiger partial charge < -0.3 is 20.1 Å². The quantitative estimate of drug-likeness (QED) is 0.785. The summed E-state index contributed by atoms with van der Waals surface area (Å²) in [4.78, 5) is 11.6. The minimum Gasteiger partial charge on any atom is -0.486 e. The van der Waals surface area contributed by atoms with Gasteiger partial charge >= 0.3 is 6.03 Å². The second kappa shape index (κ2) is 7.62. The van der Waals surface area contributed by atoms with Crippen LogP contribution in [0.15, 0.2) is 24.3 Å². The van der Waals surface area contributed by atoms with Crippen molar-refractivity contribution in [3.63, 3.8) is 0 Å². The number of benzene rings is 1. The van der Waals surface area contributed by atoms with E-state index in [2.05, 4.69) is 17.6 Å². The zero-order valence-corrected chi connectivity index (χ0v) is 11.9. The molecule has 110 valence electrons. The van der Waals surface area contributed by atoms with Crippen LogP contribution in [0.5, 0.6) is 11.5 Å². The molecule has 0 bridgehead atoms. The predicted molar refractivity (Wildman–Crippen MR) is 77.3 cm³/mol. The minimum atomic E-state index is -0.149. The molecule has 5 nitrogen and oxygen atoms in total. The number of hydrogen-bond donors (Lipinski definition) is 2. The molecule has 0 aromatic heterocycles. The van der Waals surface area contributed by atoms with Gasteiger partial charge in [-0.25, -0.2) is 4.79 Å². The smallest absolute Gasteiger partial charge is 0.314 e. The molecule has 20 heavy (non-hydrogen) atoms. The first-order chi connectivity index (χ1) is 9.79. The zero-order chi connectivity index (χ0) is 14.2. The first kappa shape index (κ1) is 14.5. The van der Waals surface area contributed by atoms with Crippen molar-refractivity contribution < 1.29 is 14.3 Å². The van der Waals surface area contributed by atoms with E-state index in [4.69, 9.17) is 9.47 Å². The van der Waals surface area contributed by atoms with Gasteiger partial charge in [-0.3, -0.25) is 0 Å². The lowest BCUT2D eigenvalue weighted by atomic mass is 10.2. The number of carbonyl (C=O) groups is 1. The normalized spacial score (nSPS) is 16.6. The van der Waals surface area contributed by atoms with Crippen molar-refractivity contribution in [3.8, 4) is 11.5 Å². The van der Waals surface area contributed by atoms with Crippen LogP contribution in [0.4, 0.5) is 4.79 Å². The molecule has 1 aliphatic rings. The number of hydrogen-bond acceptors (Lipinski definition) is 3. The van der Waals surface area contributed by atoms with E-state index in [9.17, 15) is 4.79 Å². The van der Waals surface area contributed by atoms with Crippen molar-refractivity contribution >= 4 is 6.03 Å². The van der Waals surface area contributed by atoms with Gasteiger partial charge in [-0.05, 0) is 18.6 Å². The largest absolute Gasteiger partial charge is 0.486 e. The van der Waals surface area contributed by atoms with Crippen LogP contribution in [0.2, 0.25) is 0 Å². The summed E-state index contributed by atoms with van der Waals surface area (Å²) in [6, 6.07) is 7.40. The molecule has 1 heterocycles. The minimum absolute atomic E-state index is 0.147. The van der Waals surface area contributed by atoms with E-state index in [1.165, 1.54) is 0 Å². The Morgan fingerprint density at radius 1 is 1.25 bits per heavy atom. The summed E-state index contributed by atoms with van der Waals surface area (Å²) in [6.07, 6.45) is 3.15. The Bertz CT molecular complexity index is 437. The fourth-order valence-corrected chi connectivity index (χ4v) is 2.01. The van der Waals surface area contributed by atoms with Crippen LogP contribution in [0.25, 0.3) is 0 Å². The lowest BCUT2D eigenvalue weighted by Crippen LogP contribution is -2.44. The van der Waals surface area contributed by atoms with Crippen molar-refractivity contribution in [1.29, 1.82) is 0 Å². The highest BCUT2D eigenvalue weighted by Gasteiger charge is 2.20. The number of fused-ring (bicyclic) bond motifs is 1. The number of carbonyl (C=O) groups excluding carboxylic acids is 1. The molecule has 1 atom stereocenters. The molecule has 0 fully saturated rings. The van der Waals surface area contributed by atoms with Crippen LogP contribution in [-0.2, 0) is 0 Å². The highest BCUT2D eigenvalue weighted by atomic mass is 16.6. The molecule has 5 heteroatoms. The summed E-state index contributed by atoms with van der Waals surface area (Å²) >= 11 is 0. The zero-order valence-electron chi connectivity index (χ0n) is 11.9. The first-order valence-electron chi connectivity index (χ1n) is 7.19. The van der Waals surface area contributed by atoms with E-state index in [-0.39, 0.29) is 12.1 Å².